The Bertz CT molecular complexity index is 312. The lowest BCUT2D eigenvalue weighted by molar-refractivity contribution is 0.386. The Hall–Kier alpha value is -0.940. The van der Waals surface area contributed by atoms with Crippen molar-refractivity contribution in [2.75, 3.05) is 6.54 Å². The lowest BCUT2D eigenvalue weighted by Crippen LogP contribution is -2.44. The molecule has 1 heterocycles. The molecule has 0 aromatic carbocycles. The maximum atomic E-state index is 4.03. The normalized spacial score (nSPS) is 14.1. The summed E-state index contributed by atoms with van der Waals surface area (Å²) in [7, 11) is 1.88. The Balaban J connectivity index is 2.22. The number of aromatic nitrogens is 3. The topological polar surface area (TPSA) is 54.8 Å². The van der Waals surface area contributed by atoms with E-state index in [1.807, 2.05) is 13.2 Å². The molecule has 0 saturated carbocycles. The van der Waals surface area contributed by atoms with Gasteiger partial charge in [0.05, 0.1) is 5.69 Å². The van der Waals surface area contributed by atoms with E-state index in [2.05, 4.69) is 48.6 Å². The van der Waals surface area contributed by atoms with Crippen molar-refractivity contribution in [3.63, 3.8) is 0 Å². The molecule has 0 aliphatic heterocycles. The van der Waals surface area contributed by atoms with Crippen LogP contribution in [-0.2, 0) is 13.6 Å². The molecule has 1 unspecified atom stereocenters. The second kappa shape index (κ2) is 5.41. The molecule has 0 spiro atoms. The van der Waals surface area contributed by atoms with E-state index in [0.717, 1.165) is 18.8 Å². The average molecular weight is 225 g/mol. The van der Waals surface area contributed by atoms with E-state index >= 15 is 0 Å². The average Bonchev–Trinajstić information content (AvgIpc) is 2.57. The predicted octanol–water partition coefficient (Wildman–Crippen LogP) is 0.681. The highest BCUT2D eigenvalue weighted by Crippen LogP contribution is 1.98. The Morgan fingerprint density at radius 1 is 1.44 bits per heavy atom. The van der Waals surface area contributed by atoms with E-state index < -0.39 is 0 Å². The standard InChI is InChI=1S/C11H23N5/c1-9(6-13-11(2,3)4)12-7-10-8-16(5)15-14-10/h8-9,12-13H,6-7H2,1-5H3. The van der Waals surface area contributed by atoms with Crippen LogP contribution in [0.3, 0.4) is 0 Å². The quantitative estimate of drug-likeness (QED) is 0.774. The van der Waals surface area contributed by atoms with Crippen molar-refractivity contribution < 1.29 is 0 Å². The summed E-state index contributed by atoms with van der Waals surface area (Å²) in [5, 5.41) is 14.8. The molecule has 0 amide bonds. The monoisotopic (exact) mass is 225 g/mol. The molecule has 1 rings (SSSR count). The second-order valence-corrected chi connectivity index (χ2v) is 5.30. The molecule has 0 bridgehead atoms. The summed E-state index contributed by atoms with van der Waals surface area (Å²) in [6.45, 7) is 10.4. The maximum Gasteiger partial charge on any atom is 0.0964 e. The van der Waals surface area contributed by atoms with Gasteiger partial charge in [0.2, 0.25) is 0 Å². The van der Waals surface area contributed by atoms with E-state index in [9.17, 15) is 0 Å². The molecule has 16 heavy (non-hydrogen) atoms. The third kappa shape index (κ3) is 5.23. The van der Waals surface area contributed by atoms with Gasteiger partial charge in [-0.05, 0) is 27.7 Å². The van der Waals surface area contributed by atoms with Gasteiger partial charge in [0.1, 0.15) is 0 Å². The van der Waals surface area contributed by atoms with Crippen molar-refractivity contribution in [2.45, 2.75) is 45.8 Å². The van der Waals surface area contributed by atoms with E-state index in [0.29, 0.717) is 6.04 Å². The van der Waals surface area contributed by atoms with Crippen LogP contribution in [0.15, 0.2) is 6.20 Å². The van der Waals surface area contributed by atoms with Crippen LogP contribution in [-0.4, -0.2) is 33.1 Å². The van der Waals surface area contributed by atoms with E-state index in [-0.39, 0.29) is 5.54 Å². The second-order valence-electron chi connectivity index (χ2n) is 5.30. The molecule has 2 N–H and O–H groups in total. The van der Waals surface area contributed by atoms with Crippen LogP contribution >= 0.6 is 0 Å². The number of nitrogens with one attached hydrogen (secondary N) is 2. The molecule has 1 aromatic heterocycles. The molecule has 0 fully saturated rings. The predicted molar refractivity (Wildman–Crippen MR) is 65.1 cm³/mol. The Morgan fingerprint density at radius 2 is 2.12 bits per heavy atom. The third-order valence-electron chi connectivity index (χ3n) is 2.22. The fraction of sp³-hybridized carbons (Fsp3) is 0.818. The molecule has 0 aliphatic carbocycles. The summed E-state index contributed by atoms with van der Waals surface area (Å²) in [5.41, 5.74) is 1.15. The zero-order valence-electron chi connectivity index (χ0n) is 10.9. The zero-order valence-corrected chi connectivity index (χ0v) is 10.9. The molecular formula is C11H23N5. The van der Waals surface area contributed by atoms with Crippen LogP contribution in [0, 0.1) is 0 Å². The first kappa shape index (κ1) is 13.1. The first-order valence-electron chi connectivity index (χ1n) is 5.70. The summed E-state index contributed by atoms with van der Waals surface area (Å²) >= 11 is 0. The van der Waals surface area contributed by atoms with Gasteiger partial charge < -0.3 is 10.6 Å². The van der Waals surface area contributed by atoms with Gasteiger partial charge in [-0.15, -0.1) is 5.10 Å². The summed E-state index contributed by atoms with van der Waals surface area (Å²) in [4.78, 5) is 0. The molecule has 1 aromatic rings. The van der Waals surface area contributed by atoms with Crippen LogP contribution in [0.25, 0.3) is 0 Å². The molecule has 0 saturated heterocycles. The van der Waals surface area contributed by atoms with Gasteiger partial charge in [-0.25, -0.2) is 0 Å². The van der Waals surface area contributed by atoms with Crippen molar-refractivity contribution in [1.82, 2.24) is 25.6 Å². The number of hydrogen-bond donors (Lipinski definition) is 2. The first-order valence-corrected chi connectivity index (χ1v) is 5.70. The molecule has 0 aliphatic rings. The van der Waals surface area contributed by atoms with Crippen LogP contribution in [0.5, 0.6) is 0 Å². The van der Waals surface area contributed by atoms with Crippen molar-refractivity contribution in [3.05, 3.63) is 11.9 Å². The summed E-state index contributed by atoms with van der Waals surface area (Å²) < 4.78 is 1.72. The maximum absolute atomic E-state index is 4.03. The number of hydrogen-bond acceptors (Lipinski definition) is 4. The lowest BCUT2D eigenvalue weighted by atomic mass is 10.1. The summed E-state index contributed by atoms with van der Waals surface area (Å²) in [6, 6.07) is 0.418. The highest BCUT2D eigenvalue weighted by Gasteiger charge is 2.10. The van der Waals surface area contributed by atoms with Crippen molar-refractivity contribution >= 4 is 0 Å². The molecule has 5 nitrogen and oxygen atoms in total. The highest BCUT2D eigenvalue weighted by molar-refractivity contribution is 4.91. The van der Waals surface area contributed by atoms with Gasteiger partial charge in [-0.1, -0.05) is 5.21 Å². The van der Waals surface area contributed by atoms with Gasteiger partial charge in [0.15, 0.2) is 0 Å². The Kier molecular flexibility index (Phi) is 4.44. The van der Waals surface area contributed by atoms with Gasteiger partial charge in [-0.2, -0.15) is 0 Å². The van der Waals surface area contributed by atoms with Gasteiger partial charge in [0.25, 0.3) is 0 Å². The summed E-state index contributed by atoms with van der Waals surface area (Å²) in [5.74, 6) is 0. The van der Waals surface area contributed by atoms with Crippen molar-refractivity contribution in [2.24, 2.45) is 7.05 Å². The third-order valence-corrected chi connectivity index (χ3v) is 2.22. The number of rotatable bonds is 5. The van der Waals surface area contributed by atoms with Crippen molar-refractivity contribution in [1.29, 1.82) is 0 Å². The lowest BCUT2D eigenvalue weighted by Gasteiger charge is -2.23. The first-order chi connectivity index (χ1) is 7.37. The van der Waals surface area contributed by atoms with Crippen LogP contribution in [0.4, 0.5) is 0 Å². The van der Waals surface area contributed by atoms with Crippen molar-refractivity contribution in [3.8, 4) is 0 Å². The molecule has 0 radical (unpaired) electrons. The van der Waals surface area contributed by atoms with Crippen LogP contribution in [0.1, 0.15) is 33.4 Å². The molecule has 92 valence electrons. The largest absolute Gasteiger partial charge is 0.311 e. The van der Waals surface area contributed by atoms with Gasteiger partial charge >= 0.3 is 0 Å². The van der Waals surface area contributed by atoms with E-state index in [1.165, 1.54) is 0 Å². The number of aryl methyl sites for hydroxylation is 1. The van der Waals surface area contributed by atoms with E-state index in [4.69, 9.17) is 0 Å². The van der Waals surface area contributed by atoms with Gasteiger partial charge in [0, 0.05) is 37.9 Å². The minimum atomic E-state index is 0.169. The minimum Gasteiger partial charge on any atom is -0.311 e. The van der Waals surface area contributed by atoms with Crippen LogP contribution in [0.2, 0.25) is 0 Å². The molecule has 1 atom stereocenters. The Morgan fingerprint density at radius 3 is 2.62 bits per heavy atom. The minimum absolute atomic E-state index is 0.169. The fourth-order valence-electron chi connectivity index (χ4n) is 1.29. The van der Waals surface area contributed by atoms with Gasteiger partial charge in [-0.3, -0.25) is 4.68 Å². The summed E-state index contributed by atoms with van der Waals surface area (Å²) in [6.07, 6.45) is 1.93. The highest BCUT2D eigenvalue weighted by atomic mass is 15.4. The molecule has 5 heteroatoms. The van der Waals surface area contributed by atoms with Crippen LogP contribution < -0.4 is 10.6 Å². The fourth-order valence-corrected chi connectivity index (χ4v) is 1.29. The molecular weight excluding hydrogens is 202 g/mol. The number of nitrogens with zero attached hydrogens (tertiary/aromatic N) is 3. The Labute approximate surface area is 97.6 Å². The van der Waals surface area contributed by atoms with E-state index in [1.54, 1.807) is 4.68 Å². The zero-order chi connectivity index (χ0) is 12.2. The smallest absolute Gasteiger partial charge is 0.0964 e. The SMILES string of the molecule is CC(CNC(C)(C)C)NCc1cn(C)nn1.